The summed E-state index contributed by atoms with van der Waals surface area (Å²) in [5.41, 5.74) is -0.559. The molecule has 0 bridgehead atoms. The van der Waals surface area contributed by atoms with E-state index in [4.69, 9.17) is 0 Å². The van der Waals surface area contributed by atoms with Gasteiger partial charge in [0.05, 0.1) is 9.77 Å². The van der Waals surface area contributed by atoms with Crippen LogP contribution in [-0.2, 0) is 0 Å². The third kappa shape index (κ3) is 3.16. The van der Waals surface area contributed by atoms with Crippen LogP contribution in [0.2, 0.25) is 0 Å². The van der Waals surface area contributed by atoms with Crippen molar-refractivity contribution in [2.75, 3.05) is 0 Å². The molecule has 1 heterocycles. The summed E-state index contributed by atoms with van der Waals surface area (Å²) >= 11 is 1.51. The van der Waals surface area contributed by atoms with E-state index in [1.54, 1.807) is 0 Å². The molecule has 0 amide bonds. The zero-order valence-electron chi connectivity index (χ0n) is 7.78. The quantitative estimate of drug-likeness (QED) is 0.596. The van der Waals surface area contributed by atoms with E-state index in [9.17, 15) is 22.0 Å². The van der Waals surface area contributed by atoms with Crippen molar-refractivity contribution in [3.8, 4) is 5.75 Å². The molecule has 0 spiro atoms. The fraction of sp³-hybridized carbons (Fsp3) is 0.375. The highest BCUT2D eigenvalue weighted by Crippen LogP contribution is 2.32. The lowest BCUT2D eigenvalue weighted by Gasteiger charge is -2.13. The fourth-order valence-corrected chi connectivity index (χ4v) is 1.52. The molecule has 0 unspecified atom stereocenters. The molecule has 0 radical (unpaired) electrons. The summed E-state index contributed by atoms with van der Waals surface area (Å²) in [4.78, 5) is 3.24. The topological polar surface area (TPSA) is 22.1 Å². The highest BCUT2D eigenvalue weighted by molar-refractivity contribution is 14.1. The van der Waals surface area contributed by atoms with Gasteiger partial charge in [-0.1, -0.05) is 0 Å². The van der Waals surface area contributed by atoms with Crippen molar-refractivity contribution in [2.24, 2.45) is 0 Å². The van der Waals surface area contributed by atoms with Crippen molar-refractivity contribution in [1.29, 1.82) is 0 Å². The molecule has 2 nitrogen and oxygen atoms in total. The van der Waals surface area contributed by atoms with Crippen LogP contribution in [0, 0.1) is 10.5 Å². The van der Waals surface area contributed by atoms with Crippen molar-refractivity contribution < 1.29 is 26.7 Å². The minimum atomic E-state index is -4.86. The molecule has 1 aromatic rings. The van der Waals surface area contributed by atoms with Crippen LogP contribution in [-0.4, -0.2) is 11.3 Å². The molecule has 0 saturated heterocycles. The van der Waals surface area contributed by atoms with Crippen molar-refractivity contribution >= 4 is 22.6 Å². The van der Waals surface area contributed by atoms with Gasteiger partial charge in [-0.3, -0.25) is 4.98 Å². The summed E-state index contributed by atoms with van der Waals surface area (Å²) in [6.07, 6.45) is -7.04. The molecule has 1 aromatic heterocycles. The Labute approximate surface area is 101 Å². The van der Waals surface area contributed by atoms with Gasteiger partial charge < -0.3 is 4.74 Å². The molecule has 16 heavy (non-hydrogen) atoms. The number of hydrogen-bond acceptors (Lipinski definition) is 2. The number of aromatic nitrogens is 1. The normalized spacial score (nSPS) is 12.0. The molecule has 0 atom stereocenters. The number of alkyl halides is 5. The van der Waals surface area contributed by atoms with E-state index in [0.29, 0.717) is 6.20 Å². The minimum Gasteiger partial charge on any atom is -0.403 e. The predicted molar refractivity (Wildman–Crippen MR) is 53.3 cm³/mol. The van der Waals surface area contributed by atoms with Crippen molar-refractivity contribution in [3.63, 3.8) is 0 Å². The fourth-order valence-electron chi connectivity index (χ4n) is 0.995. The van der Waals surface area contributed by atoms with Gasteiger partial charge in [0.1, 0.15) is 5.69 Å². The second kappa shape index (κ2) is 4.68. The van der Waals surface area contributed by atoms with Gasteiger partial charge in [0.15, 0.2) is 5.75 Å². The first-order valence-corrected chi connectivity index (χ1v) is 4.99. The average molecular weight is 353 g/mol. The molecule has 0 aliphatic rings. The summed E-state index contributed by atoms with van der Waals surface area (Å²) in [7, 11) is 0. The first-order chi connectivity index (χ1) is 7.22. The van der Waals surface area contributed by atoms with Crippen LogP contribution >= 0.6 is 22.6 Å². The third-order valence-corrected chi connectivity index (χ3v) is 3.02. The molecular formula is C8H5F5INO. The second-order valence-electron chi connectivity index (χ2n) is 2.80. The van der Waals surface area contributed by atoms with Crippen LogP contribution in [0.4, 0.5) is 22.0 Å². The van der Waals surface area contributed by atoms with Gasteiger partial charge in [-0.25, -0.2) is 8.78 Å². The third-order valence-electron chi connectivity index (χ3n) is 1.68. The second-order valence-corrected chi connectivity index (χ2v) is 3.87. The highest BCUT2D eigenvalue weighted by Gasteiger charge is 2.33. The summed E-state index contributed by atoms with van der Waals surface area (Å²) in [6.45, 7) is 1.26. The van der Waals surface area contributed by atoms with E-state index < -0.39 is 24.2 Å². The van der Waals surface area contributed by atoms with Gasteiger partial charge in [-0.05, 0) is 35.1 Å². The Morgan fingerprint density at radius 1 is 1.38 bits per heavy atom. The number of pyridine rings is 1. The van der Waals surface area contributed by atoms with Gasteiger partial charge in [0, 0.05) is 0 Å². The maximum Gasteiger partial charge on any atom is 0.573 e. The van der Waals surface area contributed by atoms with Crippen LogP contribution < -0.4 is 4.74 Å². The number of nitrogens with zero attached hydrogens (tertiary/aromatic N) is 1. The molecule has 0 saturated carbocycles. The Balaban J connectivity index is 3.12. The van der Waals surface area contributed by atoms with E-state index in [-0.39, 0.29) is 9.13 Å². The summed E-state index contributed by atoms with van der Waals surface area (Å²) in [5, 5.41) is 0. The lowest BCUT2D eigenvalue weighted by Crippen LogP contribution is -2.18. The Morgan fingerprint density at radius 3 is 2.38 bits per heavy atom. The van der Waals surface area contributed by atoms with E-state index >= 15 is 0 Å². The Kier molecular flexibility index (Phi) is 3.92. The maximum atomic E-state index is 12.3. The van der Waals surface area contributed by atoms with Crippen molar-refractivity contribution in [1.82, 2.24) is 4.98 Å². The molecule has 0 aromatic carbocycles. The van der Waals surface area contributed by atoms with Crippen molar-refractivity contribution in [2.45, 2.75) is 19.7 Å². The van der Waals surface area contributed by atoms with E-state index in [2.05, 4.69) is 9.72 Å². The lowest BCUT2D eigenvalue weighted by atomic mass is 10.2. The first-order valence-electron chi connectivity index (χ1n) is 3.91. The SMILES string of the molecule is Cc1c(C(F)F)ncc(OC(F)(F)F)c1I. The average Bonchev–Trinajstić information content (AvgIpc) is 2.10. The van der Waals surface area contributed by atoms with Gasteiger partial charge in [-0.2, -0.15) is 0 Å². The molecule has 0 fully saturated rings. The Bertz CT molecular complexity index is 393. The van der Waals surface area contributed by atoms with E-state index in [1.165, 1.54) is 29.5 Å². The zero-order chi connectivity index (χ0) is 12.5. The minimum absolute atomic E-state index is 0.0163. The predicted octanol–water partition coefficient (Wildman–Crippen LogP) is 3.83. The number of rotatable bonds is 2. The standard InChI is InChI=1S/C8H5F5INO/c1-3-5(14)4(16-8(11,12)13)2-15-6(3)7(9)10/h2,7H,1H3. The summed E-state index contributed by atoms with van der Waals surface area (Å²) in [5.74, 6) is -0.574. The molecule has 0 N–H and O–H groups in total. The maximum absolute atomic E-state index is 12.3. The van der Waals surface area contributed by atoms with Crippen LogP contribution in [0.15, 0.2) is 6.20 Å². The van der Waals surface area contributed by atoms with Gasteiger partial charge >= 0.3 is 6.36 Å². The van der Waals surface area contributed by atoms with Crippen LogP contribution in [0.1, 0.15) is 17.7 Å². The number of halogens is 6. The van der Waals surface area contributed by atoms with E-state index in [1.807, 2.05) is 0 Å². The van der Waals surface area contributed by atoms with Gasteiger partial charge in [0.25, 0.3) is 6.43 Å². The summed E-state index contributed by atoms with van der Waals surface area (Å²) < 4.78 is 64.0. The van der Waals surface area contributed by atoms with Crippen molar-refractivity contribution in [3.05, 3.63) is 21.0 Å². The Morgan fingerprint density at radius 2 is 1.94 bits per heavy atom. The molecule has 1 rings (SSSR count). The van der Waals surface area contributed by atoms with Crippen LogP contribution in [0.3, 0.4) is 0 Å². The molecule has 0 aliphatic heterocycles. The largest absolute Gasteiger partial charge is 0.573 e. The highest BCUT2D eigenvalue weighted by atomic mass is 127. The van der Waals surface area contributed by atoms with Crippen LogP contribution in [0.5, 0.6) is 5.75 Å². The monoisotopic (exact) mass is 353 g/mol. The van der Waals surface area contributed by atoms with Gasteiger partial charge in [-0.15, -0.1) is 13.2 Å². The molecule has 8 heteroatoms. The molecular weight excluding hydrogens is 348 g/mol. The van der Waals surface area contributed by atoms with Gasteiger partial charge in [0.2, 0.25) is 0 Å². The molecule has 90 valence electrons. The smallest absolute Gasteiger partial charge is 0.403 e. The van der Waals surface area contributed by atoms with Crippen LogP contribution in [0.25, 0.3) is 0 Å². The van der Waals surface area contributed by atoms with E-state index in [0.717, 1.165) is 0 Å². The number of ether oxygens (including phenoxy) is 1. The first kappa shape index (κ1) is 13.4. The zero-order valence-corrected chi connectivity index (χ0v) is 9.94. The summed E-state index contributed by atoms with van der Waals surface area (Å²) in [6, 6.07) is 0. The lowest BCUT2D eigenvalue weighted by molar-refractivity contribution is -0.275. The molecule has 0 aliphatic carbocycles. The number of hydrogen-bond donors (Lipinski definition) is 0. The Hall–Kier alpha value is -0.670.